The summed E-state index contributed by atoms with van der Waals surface area (Å²) in [6.45, 7) is 6.71. The van der Waals surface area contributed by atoms with Gasteiger partial charge in [0, 0.05) is 19.6 Å². The molecule has 0 saturated heterocycles. The number of phenols is 1. The zero-order valence-corrected chi connectivity index (χ0v) is 15.1. The number of nitrogens with one attached hydrogen (secondary N) is 1. The summed E-state index contributed by atoms with van der Waals surface area (Å²) in [5.41, 5.74) is -0.291. The van der Waals surface area contributed by atoms with E-state index < -0.39 is 16.1 Å². The van der Waals surface area contributed by atoms with Crippen LogP contribution >= 0.6 is 0 Å². The van der Waals surface area contributed by atoms with Gasteiger partial charge in [0.05, 0.1) is 4.90 Å². The predicted octanol–water partition coefficient (Wildman–Crippen LogP) is 2.48. The molecule has 0 aromatic heterocycles. The first-order valence-corrected chi connectivity index (χ1v) is 9.28. The lowest BCUT2D eigenvalue weighted by atomic mass is 9.88. The van der Waals surface area contributed by atoms with Gasteiger partial charge in [0.2, 0.25) is 10.0 Å². The minimum absolute atomic E-state index is 0.0169. The van der Waals surface area contributed by atoms with E-state index in [9.17, 15) is 18.3 Å². The quantitative estimate of drug-likeness (QED) is 0.588. The Kier molecular flexibility index (Phi) is 7.04. The summed E-state index contributed by atoms with van der Waals surface area (Å²) in [4.78, 5) is 10.6. The fraction of sp³-hybridized carbons (Fsp3) is 0.562. The van der Waals surface area contributed by atoms with Crippen LogP contribution in [0.25, 0.3) is 0 Å². The normalized spacial score (nSPS) is 12.3. The molecular formula is C16H26N2O5S. The minimum atomic E-state index is -3.63. The van der Waals surface area contributed by atoms with E-state index in [1.807, 2.05) is 13.8 Å². The van der Waals surface area contributed by atoms with Gasteiger partial charge >= 0.3 is 6.09 Å². The second-order valence-corrected chi connectivity index (χ2v) is 8.36. The van der Waals surface area contributed by atoms with Gasteiger partial charge in [0.25, 0.3) is 0 Å². The molecule has 136 valence electrons. The second kappa shape index (κ2) is 8.34. The van der Waals surface area contributed by atoms with Crippen molar-refractivity contribution < 1.29 is 23.4 Å². The van der Waals surface area contributed by atoms with Crippen LogP contribution in [0.15, 0.2) is 29.2 Å². The van der Waals surface area contributed by atoms with Crippen molar-refractivity contribution in [1.29, 1.82) is 0 Å². The zero-order chi connectivity index (χ0) is 18.4. The molecule has 0 unspecified atom stereocenters. The molecule has 0 fully saturated rings. The summed E-state index contributed by atoms with van der Waals surface area (Å²) in [6, 6.07) is 5.47. The van der Waals surface area contributed by atoms with Crippen molar-refractivity contribution in [2.24, 2.45) is 5.41 Å². The molecule has 0 aliphatic rings. The lowest BCUT2D eigenvalue weighted by molar-refractivity contribution is 0.192. The molecule has 0 spiro atoms. The summed E-state index contributed by atoms with van der Waals surface area (Å²) < 4.78 is 26.9. The Balaban J connectivity index is 2.77. The molecule has 24 heavy (non-hydrogen) atoms. The highest BCUT2D eigenvalue weighted by molar-refractivity contribution is 7.89. The summed E-state index contributed by atoms with van der Waals surface area (Å²) in [7, 11) is -3.63. The standard InChI is InChI=1S/C16H26N2O5S/c1-4-18(12-16(2,3)10-5-11-17-15(20)21)24(22,23)14-8-6-13(19)7-9-14/h6-9,17,19H,4-5,10-12H2,1-3H3,(H,20,21). The van der Waals surface area contributed by atoms with Crippen molar-refractivity contribution >= 4 is 16.1 Å². The van der Waals surface area contributed by atoms with E-state index in [0.717, 1.165) is 0 Å². The lowest BCUT2D eigenvalue weighted by Gasteiger charge is -2.31. The number of aromatic hydroxyl groups is 1. The molecule has 1 aromatic rings. The Bertz CT molecular complexity index is 641. The molecule has 0 aliphatic heterocycles. The monoisotopic (exact) mass is 358 g/mol. The number of hydrogen-bond acceptors (Lipinski definition) is 4. The number of carboxylic acid groups (broad SMARTS) is 1. The van der Waals surface area contributed by atoms with Crippen LogP contribution in [0.2, 0.25) is 0 Å². The molecule has 3 N–H and O–H groups in total. The molecule has 0 saturated carbocycles. The fourth-order valence-corrected chi connectivity index (χ4v) is 4.09. The van der Waals surface area contributed by atoms with E-state index >= 15 is 0 Å². The molecule has 1 aromatic carbocycles. The van der Waals surface area contributed by atoms with Gasteiger partial charge in [-0.3, -0.25) is 0 Å². The molecule has 1 amide bonds. The summed E-state index contributed by atoms with van der Waals surface area (Å²) >= 11 is 0. The van der Waals surface area contributed by atoms with Crippen molar-refractivity contribution in [1.82, 2.24) is 9.62 Å². The van der Waals surface area contributed by atoms with Crippen LogP contribution in [-0.4, -0.2) is 48.7 Å². The van der Waals surface area contributed by atoms with Crippen LogP contribution in [0.1, 0.15) is 33.6 Å². The van der Waals surface area contributed by atoms with Crippen LogP contribution in [0, 0.1) is 5.41 Å². The Morgan fingerprint density at radius 3 is 2.33 bits per heavy atom. The van der Waals surface area contributed by atoms with E-state index in [4.69, 9.17) is 5.11 Å². The van der Waals surface area contributed by atoms with Crippen molar-refractivity contribution in [3.63, 3.8) is 0 Å². The number of carbonyl (C=O) groups is 1. The van der Waals surface area contributed by atoms with Crippen LogP contribution in [0.4, 0.5) is 4.79 Å². The van der Waals surface area contributed by atoms with E-state index in [2.05, 4.69) is 5.32 Å². The lowest BCUT2D eigenvalue weighted by Crippen LogP contribution is -2.39. The third-order valence-electron chi connectivity index (χ3n) is 3.74. The zero-order valence-electron chi connectivity index (χ0n) is 14.3. The first-order chi connectivity index (χ1) is 11.1. The highest BCUT2D eigenvalue weighted by Crippen LogP contribution is 2.27. The van der Waals surface area contributed by atoms with E-state index in [-0.39, 0.29) is 16.1 Å². The van der Waals surface area contributed by atoms with Crippen LogP contribution in [0.5, 0.6) is 5.75 Å². The molecule has 0 bridgehead atoms. The average Bonchev–Trinajstić information content (AvgIpc) is 2.49. The highest BCUT2D eigenvalue weighted by Gasteiger charge is 2.29. The molecule has 0 heterocycles. The average molecular weight is 358 g/mol. The minimum Gasteiger partial charge on any atom is -0.508 e. The maximum absolute atomic E-state index is 12.7. The van der Waals surface area contributed by atoms with E-state index in [0.29, 0.717) is 32.5 Å². The number of hydrogen-bond donors (Lipinski definition) is 3. The van der Waals surface area contributed by atoms with Crippen LogP contribution in [-0.2, 0) is 10.0 Å². The SMILES string of the molecule is CCN(CC(C)(C)CCCNC(=O)O)S(=O)(=O)c1ccc(O)cc1. The van der Waals surface area contributed by atoms with Gasteiger partial charge in [-0.2, -0.15) is 4.31 Å². The van der Waals surface area contributed by atoms with Crippen molar-refractivity contribution in [2.45, 2.75) is 38.5 Å². The van der Waals surface area contributed by atoms with Crippen LogP contribution < -0.4 is 5.32 Å². The Labute approximate surface area is 143 Å². The molecular weight excluding hydrogens is 332 g/mol. The van der Waals surface area contributed by atoms with Crippen molar-refractivity contribution in [3.05, 3.63) is 24.3 Å². The Morgan fingerprint density at radius 1 is 1.25 bits per heavy atom. The first-order valence-electron chi connectivity index (χ1n) is 7.84. The fourth-order valence-electron chi connectivity index (χ4n) is 2.45. The summed E-state index contributed by atoms with van der Waals surface area (Å²) in [5.74, 6) is 0.0169. The van der Waals surface area contributed by atoms with E-state index in [1.54, 1.807) is 6.92 Å². The molecule has 1 rings (SSSR count). The molecule has 0 aliphatic carbocycles. The summed E-state index contributed by atoms with van der Waals surface area (Å²) in [5, 5.41) is 20.2. The van der Waals surface area contributed by atoms with Crippen molar-refractivity contribution in [2.75, 3.05) is 19.6 Å². The van der Waals surface area contributed by atoms with Gasteiger partial charge in [-0.1, -0.05) is 20.8 Å². The topological polar surface area (TPSA) is 107 Å². The smallest absolute Gasteiger partial charge is 0.404 e. The van der Waals surface area contributed by atoms with Crippen molar-refractivity contribution in [3.8, 4) is 5.75 Å². The third-order valence-corrected chi connectivity index (χ3v) is 5.67. The van der Waals surface area contributed by atoms with Gasteiger partial charge in [-0.25, -0.2) is 13.2 Å². The number of benzene rings is 1. The number of phenolic OH excluding ortho intramolecular Hbond substituents is 1. The Morgan fingerprint density at radius 2 is 1.83 bits per heavy atom. The highest BCUT2D eigenvalue weighted by atomic mass is 32.2. The van der Waals surface area contributed by atoms with E-state index in [1.165, 1.54) is 28.6 Å². The Hall–Kier alpha value is -1.80. The number of nitrogens with zero attached hydrogens (tertiary/aromatic N) is 1. The third kappa shape index (κ3) is 6.01. The van der Waals surface area contributed by atoms with Gasteiger partial charge in [-0.05, 0) is 42.5 Å². The van der Waals surface area contributed by atoms with Gasteiger partial charge in [0.1, 0.15) is 5.75 Å². The molecule has 7 nitrogen and oxygen atoms in total. The number of rotatable bonds is 9. The van der Waals surface area contributed by atoms with Gasteiger partial charge in [-0.15, -0.1) is 0 Å². The summed E-state index contributed by atoms with van der Waals surface area (Å²) in [6.07, 6.45) is 0.267. The second-order valence-electron chi connectivity index (χ2n) is 6.42. The molecule has 0 atom stereocenters. The first kappa shape index (κ1) is 20.2. The maximum atomic E-state index is 12.7. The van der Waals surface area contributed by atoms with Gasteiger partial charge < -0.3 is 15.5 Å². The molecule has 0 radical (unpaired) electrons. The molecule has 8 heteroatoms. The maximum Gasteiger partial charge on any atom is 0.404 e. The number of sulfonamides is 1. The predicted molar refractivity (Wildman–Crippen MR) is 91.6 cm³/mol. The largest absolute Gasteiger partial charge is 0.508 e. The van der Waals surface area contributed by atoms with Crippen LogP contribution in [0.3, 0.4) is 0 Å². The van der Waals surface area contributed by atoms with Gasteiger partial charge in [0.15, 0.2) is 0 Å². The number of amides is 1.